The maximum atomic E-state index is 4.66. The molecule has 0 saturated heterocycles. The van der Waals surface area contributed by atoms with E-state index in [-0.39, 0.29) is 0 Å². The van der Waals surface area contributed by atoms with E-state index in [1.165, 1.54) is 12.7 Å². The van der Waals surface area contributed by atoms with Crippen LogP contribution in [0.1, 0.15) is 18.3 Å². The van der Waals surface area contributed by atoms with Crippen LogP contribution < -0.4 is 10.6 Å². The highest BCUT2D eigenvalue weighted by molar-refractivity contribution is 5.56. The lowest BCUT2D eigenvalue weighted by Gasteiger charge is -2.11. The molecule has 0 aromatic carbocycles. The van der Waals surface area contributed by atoms with Crippen molar-refractivity contribution in [1.82, 2.24) is 20.1 Å². The molecule has 0 aliphatic heterocycles. The largest absolute Gasteiger partial charge is 0.373 e. The van der Waals surface area contributed by atoms with Gasteiger partial charge >= 0.3 is 0 Å². The van der Waals surface area contributed by atoms with Gasteiger partial charge in [-0.25, -0.2) is 9.97 Å². The molecular weight excluding hydrogens is 220 g/mol. The molecule has 0 radical (unpaired) electrons. The lowest BCUT2D eigenvalue weighted by atomic mass is 10.2. The zero-order valence-electron chi connectivity index (χ0n) is 9.77. The molecule has 2 aromatic heterocycles. The Morgan fingerprint density at radius 3 is 2.71 bits per heavy atom. The summed E-state index contributed by atoms with van der Waals surface area (Å²) in [6.45, 7) is 2.53. The topological polar surface area (TPSA) is 88.8 Å². The number of anilines is 2. The second-order valence-corrected chi connectivity index (χ2v) is 3.35. The molecule has 7 nitrogen and oxygen atoms in total. The number of nitrogens with zero attached hydrogens (tertiary/aromatic N) is 4. The minimum atomic E-state index is 0.476. The lowest BCUT2D eigenvalue weighted by Crippen LogP contribution is -2.08. The highest BCUT2D eigenvalue weighted by atomic mass is 16.5. The Balaban J connectivity index is 2.14. The standard InChI is InChI=1S/C10H14N6O/c1-3-7-9(11-2)13-5-14-10(7)12-4-8-15-6-17-16-8/h5-6H,3-4H2,1-2H3,(H2,11,12,13,14). The summed E-state index contributed by atoms with van der Waals surface area (Å²) in [5.74, 6) is 2.21. The molecular formula is C10H14N6O. The van der Waals surface area contributed by atoms with Gasteiger partial charge in [-0.2, -0.15) is 4.98 Å². The Labute approximate surface area is 98.7 Å². The van der Waals surface area contributed by atoms with Gasteiger partial charge in [0.15, 0.2) is 5.82 Å². The van der Waals surface area contributed by atoms with E-state index >= 15 is 0 Å². The first-order valence-corrected chi connectivity index (χ1v) is 5.36. The van der Waals surface area contributed by atoms with Crippen molar-refractivity contribution in [2.24, 2.45) is 0 Å². The van der Waals surface area contributed by atoms with Gasteiger partial charge in [0.2, 0.25) is 6.39 Å². The zero-order chi connectivity index (χ0) is 12.1. The first kappa shape index (κ1) is 11.3. The molecule has 0 bridgehead atoms. The second kappa shape index (κ2) is 5.24. The third-order valence-corrected chi connectivity index (χ3v) is 2.36. The summed E-state index contributed by atoms with van der Waals surface area (Å²) >= 11 is 0. The number of hydrogen-bond donors (Lipinski definition) is 2. The van der Waals surface area contributed by atoms with Crippen molar-refractivity contribution in [3.63, 3.8) is 0 Å². The third kappa shape index (κ3) is 2.49. The van der Waals surface area contributed by atoms with Gasteiger partial charge in [-0.15, -0.1) is 0 Å². The molecule has 2 aromatic rings. The van der Waals surface area contributed by atoms with Crippen LogP contribution in [-0.2, 0) is 13.0 Å². The minimum Gasteiger partial charge on any atom is -0.373 e. The number of hydrogen-bond acceptors (Lipinski definition) is 7. The quantitative estimate of drug-likeness (QED) is 0.800. The van der Waals surface area contributed by atoms with Crippen LogP contribution >= 0.6 is 0 Å². The number of rotatable bonds is 5. The maximum absolute atomic E-state index is 4.66. The van der Waals surface area contributed by atoms with Crippen molar-refractivity contribution in [3.8, 4) is 0 Å². The third-order valence-electron chi connectivity index (χ3n) is 2.36. The molecule has 2 rings (SSSR count). The Morgan fingerprint density at radius 1 is 1.24 bits per heavy atom. The van der Waals surface area contributed by atoms with Gasteiger partial charge in [-0.3, -0.25) is 0 Å². The van der Waals surface area contributed by atoms with Crippen molar-refractivity contribution < 1.29 is 4.52 Å². The van der Waals surface area contributed by atoms with Gasteiger partial charge in [-0.05, 0) is 6.42 Å². The summed E-state index contributed by atoms with van der Waals surface area (Å²) in [4.78, 5) is 12.3. The zero-order valence-corrected chi connectivity index (χ0v) is 9.77. The fraction of sp³-hybridized carbons (Fsp3) is 0.400. The summed E-state index contributed by atoms with van der Waals surface area (Å²) in [5.41, 5.74) is 1.04. The molecule has 2 N–H and O–H groups in total. The van der Waals surface area contributed by atoms with Crippen LogP contribution in [0.5, 0.6) is 0 Å². The highest BCUT2D eigenvalue weighted by Gasteiger charge is 2.08. The van der Waals surface area contributed by atoms with Crippen molar-refractivity contribution in [2.45, 2.75) is 19.9 Å². The molecule has 0 aliphatic carbocycles. The Kier molecular flexibility index (Phi) is 3.49. The van der Waals surface area contributed by atoms with Crippen molar-refractivity contribution in [3.05, 3.63) is 24.1 Å². The van der Waals surface area contributed by atoms with Crippen LogP contribution in [0.3, 0.4) is 0 Å². The highest BCUT2D eigenvalue weighted by Crippen LogP contribution is 2.19. The molecule has 17 heavy (non-hydrogen) atoms. The Morgan fingerprint density at radius 2 is 2.06 bits per heavy atom. The normalized spacial score (nSPS) is 10.2. The monoisotopic (exact) mass is 234 g/mol. The molecule has 0 atom stereocenters. The number of nitrogens with one attached hydrogen (secondary N) is 2. The van der Waals surface area contributed by atoms with Gasteiger partial charge in [0.25, 0.3) is 0 Å². The van der Waals surface area contributed by atoms with E-state index in [2.05, 4.69) is 42.2 Å². The summed E-state index contributed by atoms with van der Waals surface area (Å²) in [7, 11) is 1.84. The fourth-order valence-corrected chi connectivity index (χ4v) is 1.55. The predicted octanol–water partition coefficient (Wildman–Crippen LogP) is 1.08. The summed E-state index contributed by atoms with van der Waals surface area (Å²) in [5, 5.41) is 9.93. The Hall–Kier alpha value is -2.18. The minimum absolute atomic E-state index is 0.476. The first-order valence-electron chi connectivity index (χ1n) is 5.36. The van der Waals surface area contributed by atoms with E-state index < -0.39 is 0 Å². The number of aromatic nitrogens is 4. The summed E-state index contributed by atoms with van der Waals surface area (Å²) in [6, 6.07) is 0. The molecule has 0 fully saturated rings. The van der Waals surface area contributed by atoms with Crippen molar-refractivity contribution >= 4 is 11.6 Å². The SMILES string of the molecule is CCc1c(NC)ncnc1NCc1ncon1. The van der Waals surface area contributed by atoms with Crippen molar-refractivity contribution in [1.29, 1.82) is 0 Å². The van der Waals surface area contributed by atoms with E-state index in [4.69, 9.17) is 0 Å². The first-order chi connectivity index (χ1) is 8.35. The van der Waals surface area contributed by atoms with E-state index in [0.29, 0.717) is 12.4 Å². The maximum Gasteiger partial charge on any atom is 0.213 e. The predicted molar refractivity (Wildman–Crippen MR) is 62.6 cm³/mol. The van der Waals surface area contributed by atoms with Crippen LogP contribution in [0.2, 0.25) is 0 Å². The molecule has 0 amide bonds. The second-order valence-electron chi connectivity index (χ2n) is 3.35. The van der Waals surface area contributed by atoms with Gasteiger partial charge in [0.1, 0.15) is 18.0 Å². The van der Waals surface area contributed by atoms with Gasteiger partial charge < -0.3 is 15.2 Å². The van der Waals surface area contributed by atoms with Crippen molar-refractivity contribution in [2.75, 3.05) is 17.7 Å². The van der Waals surface area contributed by atoms with Gasteiger partial charge in [0.05, 0.1) is 6.54 Å². The summed E-state index contributed by atoms with van der Waals surface area (Å²) < 4.78 is 4.66. The van der Waals surface area contributed by atoms with Gasteiger partial charge in [0, 0.05) is 12.6 Å². The van der Waals surface area contributed by atoms with Crippen LogP contribution in [0.4, 0.5) is 11.6 Å². The molecule has 2 heterocycles. The smallest absolute Gasteiger partial charge is 0.213 e. The Bertz CT molecular complexity index is 470. The molecule has 7 heteroatoms. The van der Waals surface area contributed by atoms with E-state index in [0.717, 1.165) is 23.6 Å². The van der Waals surface area contributed by atoms with Crippen LogP contribution in [0.25, 0.3) is 0 Å². The average Bonchev–Trinajstić information content (AvgIpc) is 2.88. The lowest BCUT2D eigenvalue weighted by molar-refractivity contribution is 0.411. The van der Waals surface area contributed by atoms with Crippen LogP contribution in [-0.4, -0.2) is 27.2 Å². The van der Waals surface area contributed by atoms with E-state index in [1.807, 2.05) is 7.05 Å². The molecule has 90 valence electrons. The molecule has 0 spiro atoms. The molecule has 0 aliphatic rings. The van der Waals surface area contributed by atoms with Crippen LogP contribution in [0.15, 0.2) is 17.2 Å². The fourth-order valence-electron chi connectivity index (χ4n) is 1.55. The van der Waals surface area contributed by atoms with Crippen LogP contribution in [0, 0.1) is 0 Å². The molecule has 0 saturated carbocycles. The van der Waals surface area contributed by atoms with E-state index in [9.17, 15) is 0 Å². The van der Waals surface area contributed by atoms with Gasteiger partial charge in [-0.1, -0.05) is 12.1 Å². The summed E-state index contributed by atoms with van der Waals surface area (Å²) in [6.07, 6.45) is 3.66. The van der Waals surface area contributed by atoms with E-state index in [1.54, 1.807) is 0 Å². The molecule has 0 unspecified atom stereocenters. The average molecular weight is 234 g/mol.